The van der Waals surface area contributed by atoms with Gasteiger partial charge in [0, 0.05) is 22.0 Å². The van der Waals surface area contributed by atoms with E-state index in [9.17, 15) is 23.1 Å². The Bertz CT molecular complexity index is 1160. The molecule has 1 heterocycles. The Morgan fingerprint density at radius 1 is 1.10 bits per heavy atom. The summed E-state index contributed by atoms with van der Waals surface area (Å²) in [4.78, 5) is 15.6. The summed E-state index contributed by atoms with van der Waals surface area (Å²) in [5.41, 5.74) is 0.272. The third-order valence-corrected chi connectivity index (χ3v) is 5.34. The van der Waals surface area contributed by atoms with Crippen LogP contribution in [0.4, 0.5) is 19.0 Å². The molecule has 2 N–H and O–H groups in total. The fourth-order valence-electron chi connectivity index (χ4n) is 3.81. The first-order valence-electron chi connectivity index (χ1n) is 9.81. The van der Waals surface area contributed by atoms with Gasteiger partial charge in [0.1, 0.15) is 11.4 Å². The molecule has 31 heavy (non-hydrogen) atoms. The molecule has 1 aliphatic rings. The first-order chi connectivity index (χ1) is 14.9. The zero-order chi connectivity index (χ0) is 22.0. The average Bonchev–Trinajstić information content (AvgIpc) is 2.75. The second kappa shape index (κ2) is 8.33. The molecule has 1 aromatic heterocycles. The van der Waals surface area contributed by atoms with Crippen LogP contribution in [0.2, 0.25) is 0 Å². The number of hydrogen-bond acceptors (Lipinski definition) is 5. The van der Waals surface area contributed by atoms with Crippen LogP contribution in [-0.4, -0.2) is 33.5 Å². The van der Waals surface area contributed by atoms with Crippen LogP contribution < -0.4 is 5.32 Å². The van der Waals surface area contributed by atoms with Gasteiger partial charge in [0.25, 0.3) is 0 Å². The van der Waals surface area contributed by atoms with E-state index in [4.69, 9.17) is 0 Å². The number of amides is 1. The van der Waals surface area contributed by atoms with Crippen molar-refractivity contribution in [1.82, 2.24) is 15.5 Å². The molecule has 0 bridgehead atoms. The summed E-state index contributed by atoms with van der Waals surface area (Å²) in [6, 6.07) is 9.71. The molecular formula is C22H19F3N4O2. The Hall–Kier alpha value is -3.49. The molecule has 1 fully saturated rings. The van der Waals surface area contributed by atoms with Crippen LogP contribution in [0.1, 0.15) is 31.2 Å². The number of alkyl halides is 3. The number of nitrogens with zero attached hydrogens (tertiary/aromatic N) is 3. The quantitative estimate of drug-likeness (QED) is 0.586. The number of aromatic hydroxyl groups is 1. The van der Waals surface area contributed by atoms with Crippen LogP contribution in [0.15, 0.2) is 47.5 Å². The Morgan fingerprint density at radius 2 is 1.87 bits per heavy atom. The number of aliphatic imine (C=N–C) groups is 1. The van der Waals surface area contributed by atoms with Crippen LogP contribution >= 0.6 is 0 Å². The Labute approximate surface area is 175 Å². The van der Waals surface area contributed by atoms with Crippen molar-refractivity contribution in [3.8, 4) is 17.0 Å². The summed E-state index contributed by atoms with van der Waals surface area (Å²) in [5.74, 6) is -0.170. The van der Waals surface area contributed by atoms with Gasteiger partial charge in [0.2, 0.25) is 6.41 Å². The molecule has 6 nitrogen and oxygen atoms in total. The minimum atomic E-state index is -4.56. The average molecular weight is 428 g/mol. The molecule has 0 saturated heterocycles. The number of carbonyl (C=O) groups excluding carboxylic acids is 1. The molecule has 1 amide bonds. The molecular weight excluding hydrogens is 409 g/mol. The van der Waals surface area contributed by atoms with Gasteiger partial charge in [-0.25, -0.2) is 4.99 Å². The lowest BCUT2D eigenvalue weighted by Crippen LogP contribution is -2.38. The summed E-state index contributed by atoms with van der Waals surface area (Å²) in [6.07, 6.45) is -0.438. The molecule has 0 aliphatic heterocycles. The van der Waals surface area contributed by atoms with Crippen LogP contribution in [0, 0.1) is 0 Å². The van der Waals surface area contributed by atoms with E-state index >= 15 is 0 Å². The summed E-state index contributed by atoms with van der Waals surface area (Å²) in [5, 5.41) is 22.7. The van der Waals surface area contributed by atoms with E-state index in [2.05, 4.69) is 20.5 Å². The van der Waals surface area contributed by atoms with Crippen LogP contribution in [0.3, 0.4) is 0 Å². The van der Waals surface area contributed by atoms with Gasteiger partial charge in [-0.2, -0.15) is 13.2 Å². The highest BCUT2D eigenvalue weighted by atomic mass is 19.4. The summed E-state index contributed by atoms with van der Waals surface area (Å²) in [7, 11) is 0. The first kappa shape index (κ1) is 20.8. The minimum Gasteiger partial charge on any atom is -0.507 e. The molecule has 9 heteroatoms. The fourth-order valence-corrected chi connectivity index (χ4v) is 3.81. The number of halogens is 3. The topological polar surface area (TPSA) is 87.5 Å². The van der Waals surface area contributed by atoms with E-state index < -0.39 is 17.5 Å². The Balaban J connectivity index is 1.81. The van der Waals surface area contributed by atoms with Crippen molar-refractivity contribution in [3.05, 3.63) is 48.0 Å². The molecule has 1 aliphatic carbocycles. The maximum absolute atomic E-state index is 12.9. The van der Waals surface area contributed by atoms with E-state index in [-0.39, 0.29) is 17.3 Å². The number of carbonyl (C=O) groups is 1. The Kier molecular flexibility index (Phi) is 5.58. The maximum Gasteiger partial charge on any atom is 0.416 e. The lowest BCUT2D eigenvalue weighted by molar-refractivity contribution is -0.137. The van der Waals surface area contributed by atoms with Crippen molar-refractivity contribution in [2.75, 3.05) is 0 Å². The van der Waals surface area contributed by atoms with Gasteiger partial charge in [-0.1, -0.05) is 30.7 Å². The molecule has 1 unspecified atom stereocenters. The largest absolute Gasteiger partial charge is 0.507 e. The number of hydrogen-bond donors (Lipinski definition) is 2. The standard InChI is InChI=1S/C22H19F3N4O2/c23-22(24,25)13-9-10-16(19(31)11-13)20-14-5-1-2-6-15(14)21(29-28-20)27-18-8-4-3-7-17(18)26-12-30/h1-2,5-6,9-12,17,31H,3-4,7-8H2,(H,26,30)/b27-18+. The summed E-state index contributed by atoms with van der Waals surface area (Å²) in [6.45, 7) is 0. The van der Waals surface area contributed by atoms with Crippen molar-refractivity contribution in [3.63, 3.8) is 0 Å². The van der Waals surface area contributed by atoms with Gasteiger partial charge in [0.05, 0.1) is 11.6 Å². The predicted octanol–water partition coefficient (Wildman–Crippen LogP) is 4.78. The van der Waals surface area contributed by atoms with Crippen molar-refractivity contribution in [1.29, 1.82) is 0 Å². The van der Waals surface area contributed by atoms with Crippen molar-refractivity contribution < 1.29 is 23.1 Å². The van der Waals surface area contributed by atoms with Crippen LogP contribution in [0.25, 0.3) is 22.0 Å². The van der Waals surface area contributed by atoms with E-state index in [1.54, 1.807) is 24.3 Å². The number of rotatable bonds is 4. The third kappa shape index (κ3) is 4.21. The van der Waals surface area contributed by atoms with Gasteiger partial charge >= 0.3 is 6.18 Å². The fraction of sp³-hybridized carbons (Fsp3) is 0.273. The summed E-state index contributed by atoms with van der Waals surface area (Å²) < 4.78 is 38.8. The van der Waals surface area contributed by atoms with E-state index in [0.29, 0.717) is 29.1 Å². The SMILES string of the molecule is O=CNC1CCCC/C1=N\c1nnc(-c2ccc(C(F)(F)F)cc2O)c2ccccc12. The number of aromatic nitrogens is 2. The molecule has 160 valence electrons. The molecule has 1 saturated carbocycles. The highest BCUT2D eigenvalue weighted by Gasteiger charge is 2.31. The number of phenols is 1. The van der Waals surface area contributed by atoms with Crippen molar-refractivity contribution in [2.24, 2.45) is 4.99 Å². The summed E-state index contributed by atoms with van der Waals surface area (Å²) >= 11 is 0. The van der Waals surface area contributed by atoms with Gasteiger partial charge in [0.15, 0.2) is 5.82 Å². The van der Waals surface area contributed by atoms with Gasteiger partial charge < -0.3 is 10.4 Å². The second-order valence-corrected chi connectivity index (χ2v) is 7.33. The Morgan fingerprint density at radius 3 is 2.58 bits per heavy atom. The van der Waals surface area contributed by atoms with Crippen LogP contribution in [-0.2, 0) is 11.0 Å². The molecule has 2 aromatic carbocycles. The highest BCUT2D eigenvalue weighted by Crippen LogP contribution is 2.39. The lowest BCUT2D eigenvalue weighted by Gasteiger charge is -2.23. The number of benzene rings is 2. The van der Waals surface area contributed by atoms with Gasteiger partial charge in [-0.3, -0.25) is 4.79 Å². The number of phenolic OH excluding ortho intramolecular Hbond substituents is 1. The molecule has 4 rings (SSSR count). The second-order valence-electron chi connectivity index (χ2n) is 7.33. The van der Waals surface area contributed by atoms with Gasteiger partial charge in [-0.05, 0) is 37.5 Å². The number of nitrogens with one attached hydrogen (secondary N) is 1. The molecule has 1 atom stereocenters. The third-order valence-electron chi connectivity index (χ3n) is 5.34. The van der Waals surface area contributed by atoms with Crippen molar-refractivity contribution in [2.45, 2.75) is 37.9 Å². The first-order valence-corrected chi connectivity index (χ1v) is 9.81. The van der Waals surface area contributed by atoms with E-state index in [1.165, 1.54) is 6.07 Å². The smallest absolute Gasteiger partial charge is 0.416 e. The monoisotopic (exact) mass is 428 g/mol. The molecule has 0 spiro atoms. The highest BCUT2D eigenvalue weighted by molar-refractivity contribution is 6.02. The minimum absolute atomic E-state index is 0.147. The molecule has 0 radical (unpaired) electrons. The van der Waals surface area contributed by atoms with Crippen molar-refractivity contribution >= 4 is 28.7 Å². The lowest BCUT2D eigenvalue weighted by atomic mass is 9.93. The van der Waals surface area contributed by atoms with Gasteiger partial charge in [-0.15, -0.1) is 10.2 Å². The number of fused-ring (bicyclic) bond motifs is 1. The van der Waals surface area contributed by atoms with E-state index in [0.717, 1.165) is 37.5 Å². The zero-order valence-electron chi connectivity index (χ0n) is 16.4. The van der Waals surface area contributed by atoms with E-state index in [1.807, 2.05) is 0 Å². The maximum atomic E-state index is 12.9. The normalized spacial score (nSPS) is 18.3. The zero-order valence-corrected chi connectivity index (χ0v) is 16.4. The predicted molar refractivity (Wildman–Crippen MR) is 110 cm³/mol. The van der Waals surface area contributed by atoms with Crippen LogP contribution in [0.5, 0.6) is 5.75 Å². The molecule has 3 aromatic rings.